The van der Waals surface area contributed by atoms with Crippen molar-refractivity contribution in [1.82, 2.24) is 30.7 Å². The minimum atomic E-state index is -4.94. The third-order valence-corrected chi connectivity index (χ3v) is 6.87. The maximum atomic E-state index is 14.4. The molecule has 1 saturated carbocycles. The molecule has 2 aliphatic heterocycles. The van der Waals surface area contributed by atoms with Crippen LogP contribution in [0.4, 0.5) is 31.9 Å². The van der Waals surface area contributed by atoms with Crippen molar-refractivity contribution in [3.05, 3.63) is 29.6 Å². The van der Waals surface area contributed by atoms with Crippen molar-refractivity contribution in [2.24, 2.45) is 0 Å². The highest BCUT2D eigenvalue weighted by Crippen LogP contribution is 2.37. The van der Waals surface area contributed by atoms with Gasteiger partial charge in [0.05, 0.1) is 11.6 Å². The summed E-state index contributed by atoms with van der Waals surface area (Å²) in [4.78, 5) is 42.8. The second-order valence-corrected chi connectivity index (χ2v) is 9.33. The number of halogens is 4. The van der Waals surface area contributed by atoms with Crippen LogP contribution in [0.3, 0.4) is 0 Å². The average molecular weight is 516 g/mol. The lowest BCUT2D eigenvalue weighted by molar-refractivity contribution is -0.274. The zero-order chi connectivity index (χ0) is 26.3. The van der Waals surface area contributed by atoms with Crippen molar-refractivity contribution >= 4 is 18.1 Å². The number of carbonyl (C=O) groups excluding carboxylic acids is 3. The fraction of sp³-hybridized carbons (Fsp3) is 0.591. The largest absolute Gasteiger partial charge is 0.573 e. The number of piperidine rings is 1. The maximum Gasteiger partial charge on any atom is 0.573 e. The van der Waals surface area contributed by atoms with E-state index in [-0.39, 0.29) is 36.8 Å². The van der Waals surface area contributed by atoms with Crippen molar-refractivity contribution in [3.63, 3.8) is 0 Å². The number of carbonyl (C=O) groups is 3. The van der Waals surface area contributed by atoms with Crippen molar-refractivity contribution in [1.29, 1.82) is 0 Å². The number of urea groups is 3. The van der Waals surface area contributed by atoms with Crippen LogP contribution in [0.15, 0.2) is 18.2 Å². The van der Waals surface area contributed by atoms with E-state index in [1.165, 1.54) is 7.05 Å². The van der Waals surface area contributed by atoms with Crippen LogP contribution >= 0.6 is 0 Å². The first-order chi connectivity index (χ1) is 16.9. The van der Waals surface area contributed by atoms with Crippen molar-refractivity contribution in [2.75, 3.05) is 33.7 Å². The molecule has 3 fully saturated rings. The summed E-state index contributed by atoms with van der Waals surface area (Å²) in [6, 6.07) is 1.15. The molecule has 1 aromatic carbocycles. The lowest BCUT2D eigenvalue weighted by Crippen LogP contribution is -2.66. The Hall–Kier alpha value is -3.45. The summed E-state index contributed by atoms with van der Waals surface area (Å²) < 4.78 is 55.2. The van der Waals surface area contributed by atoms with Gasteiger partial charge >= 0.3 is 24.5 Å². The van der Waals surface area contributed by atoms with Gasteiger partial charge in [0.25, 0.3) is 0 Å². The number of rotatable bonds is 5. The Bertz CT molecular complexity index is 1040. The summed E-state index contributed by atoms with van der Waals surface area (Å²) in [6.45, 7) is 0.627. The van der Waals surface area contributed by atoms with Crippen LogP contribution in [0.2, 0.25) is 0 Å². The van der Waals surface area contributed by atoms with Gasteiger partial charge in [-0.1, -0.05) is 6.07 Å². The summed E-state index contributed by atoms with van der Waals surface area (Å²) in [6.07, 6.45) is -2.97. The van der Waals surface area contributed by atoms with E-state index in [0.717, 1.165) is 25.0 Å². The van der Waals surface area contributed by atoms with Gasteiger partial charge in [0.2, 0.25) is 0 Å². The molecule has 2 heterocycles. The normalized spacial score (nSPS) is 23.9. The van der Waals surface area contributed by atoms with Gasteiger partial charge in [-0.05, 0) is 25.3 Å². The monoisotopic (exact) mass is 516 g/mol. The zero-order valence-corrected chi connectivity index (χ0v) is 19.8. The molecule has 198 valence electrons. The van der Waals surface area contributed by atoms with E-state index in [2.05, 4.69) is 20.7 Å². The van der Waals surface area contributed by atoms with E-state index < -0.39 is 35.5 Å². The van der Waals surface area contributed by atoms with Crippen molar-refractivity contribution in [3.8, 4) is 5.75 Å². The van der Waals surface area contributed by atoms with E-state index in [1.807, 2.05) is 0 Å². The molecule has 36 heavy (non-hydrogen) atoms. The highest BCUT2D eigenvalue weighted by molar-refractivity contribution is 5.79. The van der Waals surface area contributed by atoms with Crippen LogP contribution in [-0.2, 0) is 6.54 Å². The molecule has 3 N–H and O–H groups in total. The third kappa shape index (κ3) is 5.36. The molecule has 1 unspecified atom stereocenters. The SMILES string of the molecule is CNC(=O)N1C[C@H](N(C(=O)NCc2ccc(OC(F)(F)F)cc2F)C2CC2)CC2(CNC(=O)N2C)C1. The summed E-state index contributed by atoms with van der Waals surface area (Å²) in [5.41, 5.74) is -0.702. The number of benzene rings is 1. The fourth-order valence-electron chi connectivity index (χ4n) is 4.92. The Morgan fingerprint density at radius 3 is 2.56 bits per heavy atom. The van der Waals surface area contributed by atoms with Gasteiger partial charge in [0, 0.05) is 57.9 Å². The molecule has 1 aromatic rings. The Morgan fingerprint density at radius 1 is 1.28 bits per heavy atom. The van der Waals surface area contributed by atoms with Crippen LogP contribution in [0.25, 0.3) is 0 Å². The Kier molecular flexibility index (Phi) is 6.80. The maximum absolute atomic E-state index is 14.4. The highest BCUT2D eigenvalue weighted by atomic mass is 19.4. The molecule has 4 rings (SSSR count). The second kappa shape index (κ2) is 9.54. The van der Waals surface area contributed by atoms with Gasteiger partial charge in [-0.15, -0.1) is 13.2 Å². The third-order valence-electron chi connectivity index (χ3n) is 6.87. The molecule has 14 heteroatoms. The number of nitrogens with one attached hydrogen (secondary N) is 3. The predicted octanol–water partition coefficient (Wildman–Crippen LogP) is 2.21. The minimum absolute atomic E-state index is 0.00829. The molecule has 3 aliphatic rings. The van der Waals surface area contributed by atoms with Gasteiger partial charge in [-0.25, -0.2) is 18.8 Å². The number of likely N-dealkylation sites (N-methyl/N-ethyl adjacent to an activating group) is 1. The molecule has 0 bridgehead atoms. The second-order valence-electron chi connectivity index (χ2n) is 9.33. The summed E-state index contributed by atoms with van der Waals surface area (Å²) in [5, 5.41) is 8.05. The average Bonchev–Trinajstić information content (AvgIpc) is 3.61. The number of likely N-dealkylation sites (tertiary alicyclic amines) is 1. The van der Waals surface area contributed by atoms with Gasteiger partial charge in [-0.3, -0.25) is 0 Å². The molecular weight excluding hydrogens is 488 g/mol. The summed E-state index contributed by atoms with van der Waals surface area (Å²) in [7, 11) is 3.16. The van der Waals surface area contributed by atoms with Gasteiger partial charge < -0.3 is 35.4 Å². The molecule has 1 aliphatic carbocycles. The first kappa shape index (κ1) is 25.6. The summed E-state index contributed by atoms with van der Waals surface area (Å²) >= 11 is 0. The van der Waals surface area contributed by atoms with Gasteiger partial charge in [0.1, 0.15) is 11.6 Å². The molecule has 0 radical (unpaired) electrons. The first-order valence-electron chi connectivity index (χ1n) is 11.5. The standard InChI is InChI=1S/C22H28F4N6O4/c1-27-18(33)31-10-15(8-21(12-31)11-29-19(34)30(21)2)32(14-4-5-14)20(35)28-9-13-3-6-16(7-17(13)23)36-22(24,25)26/h3,6-7,14-15H,4-5,8-12H2,1-2H3,(H,27,33)(H,28,35)(H,29,34)/t15-,21?/m1/s1. The van der Waals surface area contributed by atoms with E-state index in [4.69, 9.17) is 0 Å². The highest BCUT2D eigenvalue weighted by Gasteiger charge is 2.52. The Morgan fingerprint density at radius 2 is 2.00 bits per heavy atom. The van der Waals surface area contributed by atoms with Gasteiger partial charge in [-0.2, -0.15) is 0 Å². The van der Waals surface area contributed by atoms with Crippen molar-refractivity contribution < 1.29 is 36.7 Å². The number of hydrogen-bond donors (Lipinski definition) is 3. The molecule has 1 spiro atoms. The zero-order valence-electron chi connectivity index (χ0n) is 19.8. The topological polar surface area (TPSA) is 106 Å². The van der Waals surface area contributed by atoms with Crippen LogP contribution < -0.4 is 20.7 Å². The lowest BCUT2D eigenvalue weighted by atomic mass is 9.85. The molecular formula is C22H28F4N6O4. The first-order valence-corrected chi connectivity index (χ1v) is 11.5. The van der Waals surface area contributed by atoms with Crippen LogP contribution in [-0.4, -0.2) is 90.5 Å². The number of ether oxygens (including phenoxy) is 1. The van der Waals surface area contributed by atoms with Crippen LogP contribution in [0.5, 0.6) is 5.75 Å². The number of hydrogen-bond acceptors (Lipinski definition) is 4. The smallest absolute Gasteiger partial charge is 0.406 e. The summed E-state index contributed by atoms with van der Waals surface area (Å²) in [5.74, 6) is -1.64. The molecule has 0 aromatic heterocycles. The molecule has 2 saturated heterocycles. The van der Waals surface area contributed by atoms with E-state index in [0.29, 0.717) is 25.6 Å². The van der Waals surface area contributed by atoms with Crippen molar-refractivity contribution in [2.45, 2.75) is 49.8 Å². The molecule has 2 atom stereocenters. The minimum Gasteiger partial charge on any atom is -0.406 e. The molecule has 10 nitrogen and oxygen atoms in total. The van der Waals surface area contributed by atoms with E-state index in [1.54, 1.807) is 21.7 Å². The van der Waals surface area contributed by atoms with E-state index >= 15 is 0 Å². The Balaban J connectivity index is 1.49. The van der Waals surface area contributed by atoms with E-state index in [9.17, 15) is 31.9 Å². The fourth-order valence-corrected chi connectivity index (χ4v) is 4.92. The number of nitrogens with zero attached hydrogens (tertiary/aromatic N) is 3. The Labute approximate surface area is 204 Å². The van der Waals surface area contributed by atoms with Crippen LogP contribution in [0, 0.1) is 5.82 Å². The number of alkyl halides is 3. The quantitative estimate of drug-likeness (QED) is 0.522. The predicted molar refractivity (Wildman–Crippen MR) is 119 cm³/mol. The number of amides is 6. The molecule has 6 amide bonds. The lowest BCUT2D eigenvalue weighted by Gasteiger charge is -2.49. The van der Waals surface area contributed by atoms with Crippen LogP contribution in [0.1, 0.15) is 24.8 Å². The van der Waals surface area contributed by atoms with Gasteiger partial charge in [0.15, 0.2) is 0 Å².